The van der Waals surface area contributed by atoms with E-state index < -0.39 is 9.84 Å². The molecule has 1 aliphatic heterocycles. The molecule has 1 aliphatic rings. The van der Waals surface area contributed by atoms with Gasteiger partial charge in [0.1, 0.15) is 0 Å². The number of para-hydroxylation sites is 2. The standard InChI is InChI=1S/C51H31N5O2S/c57-59(58)47-22-12-9-19-39(47)42-31-36(25-28-48(42)59)55-43-20-10-7-17-37(43)40-29-34(23-26-45(40)55)35-24-27-46-41(30-35)38-18-8-11-21-44(38)56(46)51-53-49(32-13-3-1-4-14-32)52-50(54-51)33-15-5-2-6-16-33/h1-31H. The molecule has 0 radical (unpaired) electrons. The second-order valence-electron chi connectivity index (χ2n) is 14.9. The smallest absolute Gasteiger partial charge is 0.238 e. The number of benzene rings is 8. The molecule has 0 atom stereocenters. The Morgan fingerprint density at radius 3 is 1.47 bits per heavy atom. The first-order valence-corrected chi connectivity index (χ1v) is 20.9. The molecule has 0 saturated carbocycles. The quantitative estimate of drug-likeness (QED) is 0.174. The predicted octanol–water partition coefficient (Wildman–Crippen LogP) is 11.9. The van der Waals surface area contributed by atoms with E-state index >= 15 is 0 Å². The van der Waals surface area contributed by atoms with Gasteiger partial charge in [-0.25, -0.2) is 13.4 Å². The Balaban J connectivity index is 1.02. The lowest BCUT2D eigenvalue weighted by Crippen LogP contribution is -2.06. The van der Waals surface area contributed by atoms with Gasteiger partial charge < -0.3 is 4.57 Å². The van der Waals surface area contributed by atoms with Gasteiger partial charge in [0.2, 0.25) is 15.8 Å². The van der Waals surface area contributed by atoms with Gasteiger partial charge in [-0.05, 0) is 71.8 Å². The van der Waals surface area contributed by atoms with Crippen molar-refractivity contribution in [1.29, 1.82) is 0 Å². The van der Waals surface area contributed by atoms with Crippen LogP contribution >= 0.6 is 0 Å². The maximum absolute atomic E-state index is 13.4. The maximum Gasteiger partial charge on any atom is 0.238 e. The molecular formula is C51H31N5O2S. The first-order valence-electron chi connectivity index (χ1n) is 19.4. The molecule has 8 aromatic carbocycles. The van der Waals surface area contributed by atoms with Crippen molar-refractivity contribution in [2.75, 3.05) is 0 Å². The Kier molecular flexibility index (Phi) is 7.18. The van der Waals surface area contributed by atoms with Gasteiger partial charge in [-0.3, -0.25) is 4.57 Å². The summed E-state index contributed by atoms with van der Waals surface area (Å²) in [5.74, 6) is 1.77. The molecule has 3 aromatic heterocycles. The van der Waals surface area contributed by atoms with Crippen LogP contribution in [0.2, 0.25) is 0 Å². The minimum atomic E-state index is -3.56. The highest BCUT2D eigenvalue weighted by Gasteiger charge is 2.33. The van der Waals surface area contributed by atoms with Gasteiger partial charge >= 0.3 is 0 Å². The van der Waals surface area contributed by atoms with Crippen LogP contribution in [0.3, 0.4) is 0 Å². The average molecular weight is 778 g/mol. The highest BCUT2D eigenvalue weighted by atomic mass is 32.2. The second-order valence-corrected chi connectivity index (χ2v) is 16.8. The number of sulfone groups is 1. The summed E-state index contributed by atoms with van der Waals surface area (Å²) < 4.78 is 31.2. The lowest BCUT2D eigenvalue weighted by atomic mass is 10.0. The van der Waals surface area contributed by atoms with Crippen LogP contribution in [0.15, 0.2) is 198 Å². The van der Waals surface area contributed by atoms with Crippen molar-refractivity contribution in [2.24, 2.45) is 0 Å². The van der Waals surface area contributed by atoms with Gasteiger partial charge in [0.05, 0.1) is 31.9 Å². The molecule has 11 aromatic rings. The summed E-state index contributed by atoms with van der Waals surface area (Å²) in [6.45, 7) is 0. The largest absolute Gasteiger partial charge is 0.309 e. The molecule has 7 nitrogen and oxygen atoms in total. The lowest BCUT2D eigenvalue weighted by Gasteiger charge is -2.11. The fourth-order valence-corrected chi connectivity index (χ4v) is 10.5. The monoisotopic (exact) mass is 777 g/mol. The Hall–Kier alpha value is -7.68. The van der Waals surface area contributed by atoms with E-state index in [0.29, 0.717) is 27.4 Å². The summed E-state index contributed by atoms with van der Waals surface area (Å²) in [7, 11) is -3.56. The van der Waals surface area contributed by atoms with E-state index in [1.165, 1.54) is 0 Å². The number of aromatic nitrogens is 5. The fourth-order valence-electron chi connectivity index (χ4n) is 8.84. The van der Waals surface area contributed by atoms with Crippen LogP contribution in [-0.2, 0) is 9.84 Å². The molecule has 4 heterocycles. The first-order chi connectivity index (χ1) is 29.0. The Bertz CT molecular complexity index is 3570. The molecule has 0 saturated heterocycles. The second kappa shape index (κ2) is 12.7. The van der Waals surface area contributed by atoms with Crippen molar-refractivity contribution < 1.29 is 8.42 Å². The number of rotatable bonds is 5. The summed E-state index contributed by atoms with van der Waals surface area (Å²) in [4.78, 5) is 15.8. The Morgan fingerprint density at radius 1 is 0.356 bits per heavy atom. The Morgan fingerprint density at radius 2 is 0.847 bits per heavy atom. The van der Waals surface area contributed by atoms with E-state index in [1.807, 2.05) is 91.0 Å². The molecule has 8 heteroatoms. The Labute approximate surface area is 339 Å². The molecule has 0 aliphatic carbocycles. The number of fused-ring (bicyclic) bond motifs is 9. The van der Waals surface area contributed by atoms with E-state index in [1.54, 1.807) is 18.2 Å². The van der Waals surface area contributed by atoms with Crippen LogP contribution < -0.4 is 0 Å². The zero-order valence-corrected chi connectivity index (χ0v) is 32.2. The zero-order valence-electron chi connectivity index (χ0n) is 31.4. The number of nitrogens with zero attached hydrogens (tertiary/aromatic N) is 5. The van der Waals surface area contributed by atoms with Crippen LogP contribution in [0.5, 0.6) is 0 Å². The van der Waals surface area contributed by atoms with Crippen molar-refractivity contribution >= 4 is 53.4 Å². The van der Waals surface area contributed by atoms with E-state index in [0.717, 1.165) is 82.7 Å². The van der Waals surface area contributed by atoms with E-state index in [-0.39, 0.29) is 0 Å². The molecule has 12 rings (SSSR count). The maximum atomic E-state index is 13.4. The molecule has 0 bridgehead atoms. The molecule has 0 N–H and O–H groups in total. The normalized spacial score (nSPS) is 13.0. The predicted molar refractivity (Wildman–Crippen MR) is 236 cm³/mol. The average Bonchev–Trinajstić information content (AvgIpc) is 3.89. The highest BCUT2D eigenvalue weighted by molar-refractivity contribution is 7.92. The van der Waals surface area contributed by atoms with E-state index in [4.69, 9.17) is 15.0 Å². The minimum absolute atomic E-state index is 0.353. The van der Waals surface area contributed by atoms with Crippen molar-refractivity contribution in [1.82, 2.24) is 24.1 Å². The van der Waals surface area contributed by atoms with Crippen LogP contribution in [0.4, 0.5) is 0 Å². The summed E-state index contributed by atoms with van der Waals surface area (Å²) >= 11 is 0. The van der Waals surface area contributed by atoms with Gasteiger partial charge in [0.25, 0.3) is 0 Å². The molecule has 0 amide bonds. The fraction of sp³-hybridized carbons (Fsp3) is 0. The number of hydrogen-bond acceptors (Lipinski definition) is 5. The van der Waals surface area contributed by atoms with Crippen LogP contribution in [-0.4, -0.2) is 32.5 Å². The molecule has 0 spiro atoms. The zero-order chi connectivity index (χ0) is 39.2. The topological polar surface area (TPSA) is 82.7 Å². The van der Waals surface area contributed by atoms with Gasteiger partial charge in [0.15, 0.2) is 11.6 Å². The van der Waals surface area contributed by atoms with Crippen LogP contribution in [0.1, 0.15) is 0 Å². The molecule has 59 heavy (non-hydrogen) atoms. The SMILES string of the molecule is O=S1(=O)c2ccccc2-c2cc(-n3c4ccccc4c4cc(-c5ccc6c(c5)c5ccccc5n6-c5nc(-c6ccccc6)nc(-c6ccccc6)n5)ccc43)ccc21. The van der Waals surface area contributed by atoms with E-state index in [9.17, 15) is 8.42 Å². The minimum Gasteiger partial charge on any atom is -0.309 e. The summed E-state index contributed by atoms with van der Waals surface area (Å²) in [6, 6.07) is 63.1. The summed E-state index contributed by atoms with van der Waals surface area (Å²) in [6.07, 6.45) is 0. The van der Waals surface area contributed by atoms with Crippen molar-refractivity contribution in [2.45, 2.75) is 9.79 Å². The lowest BCUT2D eigenvalue weighted by molar-refractivity contribution is 0.598. The van der Waals surface area contributed by atoms with Gasteiger partial charge in [-0.15, -0.1) is 0 Å². The third kappa shape index (κ3) is 5.06. The van der Waals surface area contributed by atoms with Crippen molar-refractivity contribution in [3.05, 3.63) is 188 Å². The van der Waals surface area contributed by atoms with Crippen LogP contribution in [0, 0.1) is 0 Å². The molecular weight excluding hydrogens is 747 g/mol. The third-order valence-corrected chi connectivity index (χ3v) is 13.4. The molecule has 0 unspecified atom stereocenters. The van der Waals surface area contributed by atoms with Gasteiger partial charge in [-0.1, -0.05) is 127 Å². The number of hydrogen-bond donors (Lipinski definition) is 0. The summed E-state index contributed by atoms with van der Waals surface area (Å²) in [5.41, 5.74) is 10.5. The van der Waals surface area contributed by atoms with E-state index in [2.05, 4.69) is 88.0 Å². The molecule has 0 fully saturated rings. The first kappa shape index (κ1) is 33.5. The summed E-state index contributed by atoms with van der Waals surface area (Å²) in [5, 5.41) is 4.43. The molecule has 278 valence electrons. The third-order valence-electron chi connectivity index (χ3n) is 11.5. The van der Waals surface area contributed by atoms with Gasteiger partial charge in [0, 0.05) is 49.5 Å². The highest BCUT2D eigenvalue weighted by Crippen LogP contribution is 2.45. The van der Waals surface area contributed by atoms with Crippen LogP contribution in [0.25, 0.3) is 100 Å². The van der Waals surface area contributed by atoms with Gasteiger partial charge in [-0.2, -0.15) is 9.97 Å². The van der Waals surface area contributed by atoms with Crippen molar-refractivity contribution in [3.63, 3.8) is 0 Å². The van der Waals surface area contributed by atoms with Crippen molar-refractivity contribution in [3.8, 4) is 56.7 Å².